The molecule has 0 bridgehead atoms. The number of morpholine rings is 1. The van der Waals surface area contributed by atoms with Gasteiger partial charge in [-0.25, -0.2) is 0 Å². The number of amides is 2. The van der Waals surface area contributed by atoms with Crippen molar-refractivity contribution in [3.05, 3.63) is 29.3 Å². The first-order chi connectivity index (χ1) is 11.1. The highest BCUT2D eigenvalue weighted by atomic mass is 35.5. The molecule has 1 saturated heterocycles. The maximum atomic E-state index is 12.1. The molecule has 2 aliphatic rings. The number of anilines is 1. The van der Waals surface area contributed by atoms with E-state index in [0.717, 1.165) is 13.1 Å². The van der Waals surface area contributed by atoms with Gasteiger partial charge in [-0.15, -0.1) is 0 Å². The lowest BCUT2D eigenvalue weighted by atomic mass is 10.2. The zero-order chi connectivity index (χ0) is 16.2. The fraction of sp³-hybridized carbons (Fsp3) is 0.400. The van der Waals surface area contributed by atoms with Crippen molar-refractivity contribution in [3.63, 3.8) is 0 Å². The molecule has 23 heavy (non-hydrogen) atoms. The molecule has 2 aliphatic heterocycles. The van der Waals surface area contributed by atoms with Gasteiger partial charge in [0, 0.05) is 30.2 Å². The van der Waals surface area contributed by atoms with Crippen molar-refractivity contribution in [3.8, 4) is 0 Å². The fourth-order valence-corrected chi connectivity index (χ4v) is 3.56. The molecule has 0 aromatic heterocycles. The molecule has 0 unspecified atom stereocenters. The van der Waals surface area contributed by atoms with Crippen molar-refractivity contribution in [1.82, 2.24) is 4.90 Å². The number of rotatable bonds is 3. The second-order valence-electron chi connectivity index (χ2n) is 5.20. The maximum absolute atomic E-state index is 12.1. The van der Waals surface area contributed by atoms with E-state index in [9.17, 15) is 9.59 Å². The van der Waals surface area contributed by atoms with E-state index in [1.54, 1.807) is 24.3 Å². The van der Waals surface area contributed by atoms with Gasteiger partial charge in [-0.2, -0.15) is 4.99 Å². The van der Waals surface area contributed by atoms with Crippen molar-refractivity contribution < 1.29 is 14.3 Å². The predicted octanol–water partition coefficient (Wildman–Crippen LogP) is 2.00. The van der Waals surface area contributed by atoms with E-state index in [1.807, 2.05) is 4.90 Å². The summed E-state index contributed by atoms with van der Waals surface area (Å²) in [5.41, 5.74) is 0.657. The number of nitrogens with zero attached hydrogens (tertiary/aromatic N) is 2. The van der Waals surface area contributed by atoms with Gasteiger partial charge in [0.25, 0.3) is 5.91 Å². The van der Waals surface area contributed by atoms with Gasteiger partial charge in [0.2, 0.25) is 5.91 Å². The third-order valence-electron chi connectivity index (χ3n) is 3.51. The Morgan fingerprint density at radius 2 is 2.04 bits per heavy atom. The van der Waals surface area contributed by atoms with E-state index in [1.165, 1.54) is 11.8 Å². The Hall–Kier alpha value is -1.57. The third-order valence-corrected chi connectivity index (χ3v) is 4.97. The Morgan fingerprint density at radius 1 is 1.35 bits per heavy atom. The number of amidine groups is 1. The van der Waals surface area contributed by atoms with Crippen LogP contribution in [0.1, 0.15) is 6.42 Å². The Labute approximate surface area is 143 Å². The minimum absolute atomic E-state index is 0.101. The molecular formula is C15H16ClN3O3S. The molecule has 1 N–H and O–H groups in total. The fourth-order valence-electron chi connectivity index (χ4n) is 2.31. The van der Waals surface area contributed by atoms with E-state index in [-0.39, 0.29) is 18.2 Å². The molecule has 6 nitrogen and oxygen atoms in total. The number of aliphatic imine (C=N–C) groups is 1. The zero-order valence-electron chi connectivity index (χ0n) is 12.3. The van der Waals surface area contributed by atoms with Crippen LogP contribution in [0, 0.1) is 0 Å². The van der Waals surface area contributed by atoms with Crippen molar-refractivity contribution >= 4 is 46.0 Å². The van der Waals surface area contributed by atoms with Gasteiger partial charge >= 0.3 is 0 Å². The standard InChI is InChI=1S/C15H16ClN3O3S/c16-10-1-3-11(4-2-10)17-13(20)9-12-14(21)18-15(23-12)19-5-7-22-8-6-19/h1-4,12H,5-9H2,(H,17,20)/t12-/m0/s1. The van der Waals surface area contributed by atoms with Crippen LogP contribution in [0.2, 0.25) is 5.02 Å². The van der Waals surface area contributed by atoms with Crippen LogP contribution in [0.15, 0.2) is 29.3 Å². The minimum Gasteiger partial charge on any atom is -0.378 e. The molecule has 1 aromatic carbocycles. The van der Waals surface area contributed by atoms with Crippen LogP contribution >= 0.6 is 23.4 Å². The van der Waals surface area contributed by atoms with Gasteiger partial charge in [0.15, 0.2) is 5.17 Å². The summed E-state index contributed by atoms with van der Waals surface area (Å²) in [7, 11) is 0. The summed E-state index contributed by atoms with van der Waals surface area (Å²) in [5, 5.41) is 3.61. The van der Waals surface area contributed by atoms with E-state index in [2.05, 4.69) is 10.3 Å². The quantitative estimate of drug-likeness (QED) is 0.900. The molecular weight excluding hydrogens is 338 g/mol. The Morgan fingerprint density at radius 3 is 2.74 bits per heavy atom. The lowest BCUT2D eigenvalue weighted by Gasteiger charge is -2.27. The molecule has 3 rings (SSSR count). The second kappa shape index (κ2) is 7.33. The molecule has 122 valence electrons. The topological polar surface area (TPSA) is 71.0 Å². The van der Waals surface area contributed by atoms with Crippen LogP contribution < -0.4 is 5.32 Å². The molecule has 0 saturated carbocycles. The molecule has 0 aliphatic carbocycles. The van der Waals surface area contributed by atoms with Gasteiger partial charge in [-0.1, -0.05) is 23.4 Å². The van der Waals surface area contributed by atoms with Crippen molar-refractivity contribution in [2.24, 2.45) is 4.99 Å². The average Bonchev–Trinajstić information content (AvgIpc) is 2.91. The lowest BCUT2D eigenvalue weighted by molar-refractivity contribution is -0.121. The van der Waals surface area contributed by atoms with Gasteiger partial charge in [-0.05, 0) is 24.3 Å². The first-order valence-corrected chi connectivity index (χ1v) is 8.55. The van der Waals surface area contributed by atoms with Crippen molar-refractivity contribution in [2.75, 3.05) is 31.6 Å². The van der Waals surface area contributed by atoms with Crippen molar-refractivity contribution in [2.45, 2.75) is 11.7 Å². The van der Waals surface area contributed by atoms with Crippen LogP contribution in [0.4, 0.5) is 5.69 Å². The number of thioether (sulfide) groups is 1. The van der Waals surface area contributed by atoms with E-state index >= 15 is 0 Å². The molecule has 1 fully saturated rings. The highest BCUT2D eigenvalue weighted by molar-refractivity contribution is 8.15. The number of benzene rings is 1. The maximum Gasteiger partial charge on any atom is 0.262 e. The van der Waals surface area contributed by atoms with E-state index < -0.39 is 5.25 Å². The Kier molecular flexibility index (Phi) is 5.20. The first kappa shape index (κ1) is 16.3. The Bertz CT molecular complexity index is 629. The zero-order valence-corrected chi connectivity index (χ0v) is 13.9. The lowest BCUT2D eigenvalue weighted by Crippen LogP contribution is -2.39. The summed E-state index contributed by atoms with van der Waals surface area (Å²) in [6.07, 6.45) is 0.101. The van der Waals surface area contributed by atoms with Crippen LogP contribution in [0.25, 0.3) is 0 Å². The summed E-state index contributed by atoms with van der Waals surface area (Å²) in [4.78, 5) is 30.2. The van der Waals surface area contributed by atoms with Crippen LogP contribution in [-0.2, 0) is 14.3 Å². The highest BCUT2D eigenvalue weighted by Crippen LogP contribution is 2.28. The average molecular weight is 354 g/mol. The normalized spacial score (nSPS) is 21.3. The van der Waals surface area contributed by atoms with E-state index in [0.29, 0.717) is 29.1 Å². The summed E-state index contributed by atoms with van der Waals surface area (Å²) >= 11 is 7.16. The largest absolute Gasteiger partial charge is 0.378 e. The number of hydrogen-bond donors (Lipinski definition) is 1. The monoisotopic (exact) mass is 353 g/mol. The van der Waals surface area contributed by atoms with E-state index in [4.69, 9.17) is 16.3 Å². The van der Waals surface area contributed by atoms with Gasteiger partial charge in [-0.3, -0.25) is 9.59 Å². The number of halogens is 1. The van der Waals surface area contributed by atoms with Crippen molar-refractivity contribution in [1.29, 1.82) is 0 Å². The second-order valence-corrected chi connectivity index (χ2v) is 6.80. The van der Waals surface area contributed by atoms with Crippen LogP contribution in [-0.4, -0.2) is 53.4 Å². The molecule has 2 amide bonds. The van der Waals surface area contributed by atoms with Gasteiger partial charge < -0.3 is 15.0 Å². The highest BCUT2D eigenvalue weighted by Gasteiger charge is 2.33. The number of carbonyl (C=O) groups is 2. The molecule has 0 radical (unpaired) electrons. The number of carbonyl (C=O) groups excluding carboxylic acids is 2. The smallest absolute Gasteiger partial charge is 0.262 e. The molecule has 8 heteroatoms. The minimum atomic E-state index is -0.458. The number of ether oxygens (including phenoxy) is 1. The summed E-state index contributed by atoms with van der Waals surface area (Å²) in [5.74, 6) is -0.459. The number of hydrogen-bond acceptors (Lipinski definition) is 5. The SMILES string of the molecule is O=C(C[C@@H]1SC(N2CCOCC2)=NC1=O)Nc1ccc(Cl)cc1. The molecule has 1 aromatic rings. The predicted molar refractivity (Wildman–Crippen MR) is 90.9 cm³/mol. The van der Waals surface area contributed by atoms with Crippen LogP contribution in [0.3, 0.4) is 0 Å². The molecule has 2 heterocycles. The summed E-state index contributed by atoms with van der Waals surface area (Å²) in [6, 6.07) is 6.84. The summed E-state index contributed by atoms with van der Waals surface area (Å²) in [6.45, 7) is 2.72. The summed E-state index contributed by atoms with van der Waals surface area (Å²) < 4.78 is 5.29. The Balaban J connectivity index is 1.53. The third kappa shape index (κ3) is 4.25. The van der Waals surface area contributed by atoms with Gasteiger partial charge in [0.1, 0.15) is 5.25 Å². The molecule has 0 spiro atoms. The molecule has 1 atom stereocenters. The number of nitrogens with one attached hydrogen (secondary N) is 1. The first-order valence-electron chi connectivity index (χ1n) is 7.29. The van der Waals surface area contributed by atoms with Crippen LogP contribution in [0.5, 0.6) is 0 Å². The van der Waals surface area contributed by atoms with Gasteiger partial charge in [0.05, 0.1) is 13.2 Å².